The van der Waals surface area contributed by atoms with Crippen LogP contribution < -0.4 is 10.0 Å². The molecule has 2 heterocycles. The van der Waals surface area contributed by atoms with Crippen molar-refractivity contribution in [3.63, 3.8) is 0 Å². The predicted molar refractivity (Wildman–Crippen MR) is 124 cm³/mol. The Morgan fingerprint density at radius 3 is 2.66 bits per heavy atom. The number of hydrogen-bond acceptors (Lipinski definition) is 6. The van der Waals surface area contributed by atoms with Crippen LogP contribution in [0.1, 0.15) is 18.5 Å². The molecule has 0 spiro atoms. The number of para-hydroxylation sites is 1. The van der Waals surface area contributed by atoms with Crippen LogP contribution in [0.25, 0.3) is 10.9 Å². The van der Waals surface area contributed by atoms with Gasteiger partial charge in [-0.15, -0.1) is 11.3 Å². The van der Waals surface area contributed by atoms with Crippen LogP contribution in [0.15, 0.2) is 71.2 Å². The molecular weight excluding hydrogens is 446 g/mol. The van der Waals surface area contributed by atoms with Gasteiger partial charge >= 0.3 is 0 Å². The second-order valence-electron chi connectivity index (χ2n) is 7.05. The number of hydrogen-bond donors (Lipinski definition) is 2. The van der Waals surface area contributed by atoms with Crippen molar-refractivity contribution in [1.82, 2.24) is 9.55 Å². The fraction of sp³-hybridized carbons (Fsp3) is 0.136. The molecule has 2 N–H and O–H groups in total. The van der Waals surface area contributed by atoms with Crippen LogP contribution in [0.4, 0.5) is 10.8 Å². The summed E-state index contributed by atoms with van der Waals surface area (Å²) < 4.78 is 29.1. The van der Waals surface area contributed by atoms with E-state index in [0.717, 1.165) is 16.5 Å². The third kappa shape index (κ3) is 4.34. The number of sulfonamides is 1. The largest absolute Gasteiger partial charge is 0.335 e. The minimum Gasteiger partial charge on any atom is -0.335 e. The van der Waals surface area contributed by atoms with Crippen LogP contribution in [0.3, 0.4) is 0 Å². The van der Waals surface area contributed by atoms with Gasteiger partial charge in [0.2, 0.25) is 5.91 Å². The van der Waals surface area contributed by atoms with Crippen molar-refractivity contribution >= 4 is 49.0 Å². The molecule has 0 radical (unpaired) electrons. The number of amides is 1. The predicted octanol–water partition coefficient (Wildman–Crippen LogP) is 4.16. The van der Waals surface area contributed by atoms with E-state index in [4.69, 9.17) is 5.26 Å². The van der Waals surface area contributed by atoms with Crippen molar-refractivity contribution in [2.45, 2.75) is 24.3 Å². The average molecular weight is 466 g/mol. The lowest BCUT2D eigenvalue weighted by Gasteiger charge is -2.15. The summed E-state index contributed by atoms with van der Waals surface area (Å²) in [6.07, 6.45) is 3.60. The number of anilines is 2. The summed E-state index contributed by atoms with van der Waals surface area (Å²) in [6.45, 7) is 1.77. The summed E-state index contributed by atoms with van der Waals surface area (Å²) in [5.74, 6) is -0.259. The molecule has 0 saturated heterocycles. The number of thiazole rings is 1. The highest BCUT2D eigenvalue weighted by Gasteiger charge is 2.20. The minimum atomic E-state index is -3.76. The Balaban J connectivity index is 1.51. The van der Waals surface area contributed by atoms with E-state index in [1.165, 1.54) is 41.8 Å². The Kier molecular flexibility index (Phi) is 5.94. The molecule has 10 heteroatoms. The van der Waals surface area contributed by atoms with Gasteiger partial charge in [0, 0.05) is 34.4 Å². The molecule has 162 valence electrons. The summed E-state index contributed by atoms with van der Waals surface area (Å²) in [5.41, 5.74) is 2.21. The highest BCUT2D eigenvalue weighted by molar-refractivity contribution is 7.93. The molecule has 4 rings (SSSR count). The molecule has 1 amide bonds. The van der Waals surface area contributed by atoms with Crippen molar-refractivity contribution < 1.29 is 13.2 Å². The minimum absolute atomic E-state index is 0.0660. The van der Waals surface area contributed by atoms with Crippen LogP contribution in [0, 0.1) is 11.3 Å². The number of benzene rings is 2. The molecule has 32 heavy (non-hydrogen) atoms. The van der Waals surface area contributed by atoms with Crippen molar-refractivity contribution in [3.8, 4) is 6.07 Å². The first-order valence-corrected chi connectivity index (χ1v) is 12.0. The number of carbonyl (C=O) groups excluding carboxylic acids is 1. The molecule has 0 aliphatic heterocycles. The molecule has 0 saturated carbocycles. The fourth-order valence-electron chi connectivity index (χ4n) is 3.36. The Bertz CT molecular complexity index is 1400. The first kappa shape index (κ1) is 21.5. The van der Waals surface area contributed by atoms with Gasteiger partial charge in [-0.3, -0.25) is 9.52 Å². The van der Waals surface area contributed by atoms with Gasteiger partial charge in [-0.05, 0) is 42.8 Å². The number of rotatable bonds is 7. The number of nitriles is 1. The summed E-state index contributed by atoms with van der Waals surface area (Å²) in [5, 5.41) is 14.8. The van der Waals surface area contributed by atoms with E-state index in [9.17, 15) is 13.2 Å². The Morgan fingerprint density at radius 1 is 1.22 bits per heavy atom. The number of nitrogens with one attached hydrogen (secondary N) is 2. The highest BCUT2D eigenvalue weighted by atomic mass is 32.2. The molecule has 0 bridgehead atoms. The lowest BCUT2D eigenvalue weighted by molar-refractivity contribution is -0.118. The zero-order valence-corrected chi connectivity index (χ0v) is 18.7. The second-order valence-corrected chi connectivity index (χ2v) is 9.62. The number of carbonyl (C=O) groups is 1. The first-order chi connectivity index (χ1) is 15.4. The number of aromatic nitrogens is 2. The maximum atomic E-state index is 12.9. The molecule has 0 aliphatic carbocycles. The molecule has 2 aromatic heterocycles. The summed E-state index contributed by atoms with van der Waals surface area (Å²) >= 11 is 1.18. The Morgan fingerprint density at radius 2 is 1.97 bits per heavy atom. The monoisotopic (exact) mass is 465 g/mol. The standard InChI is InChI=1S/C22H19N5O3S2/c1-15(27-14-16(10-11-23)19-4-2-3-5-20(19)27)21(28)25-17-6-8-18(9-7-17)32(29,30)26-22-24-12-13-31-22/h2-9,12-15H,10H2,1H3,(H,24,26)(H,25,28). The van der Waals surface area contributed by atoms with E-state index in [1.54, 1.807) is 12.3 Å². The van der Waals surface area contributed by atoms with E-state index in [0.29, 0.717) is 5.69 Å². The quantitative estimate of drug-likeness (QED) is 0.425. The van der Waals surface area contributed by atoms with Gasteiger partial charge in [0.15, 0.2) is 5.13 Å². The molecule has 0 aliphatic rings. The van der Waals surface area contributed by atoms with Crippen LogP contribution in [0.5, 0.6) is 0 Å². The lowest BCUT2D eigenvalue weighted by Crippen LogP contribution is -2.23. The molecule has 8 nitrogen and oxygen atoms in total. The third-order valence-corrected chi connectivity index (χ3v) is 7.15. The van der Waals surface area contributed by atoms with Crippen molar-refractivity contribution in [1.29, 1.82) is 5.26 Å². The van der Waals surface area contributed by atoms with E-state index in [1.807, 2.05) is 35.0 Å². The summed E-state index contributed by atoms with van der Waals surface area (Å²) in [4.78, 5) is 16.9. The summed E-state index contributed by atoms with van der Waals surface area (Å²) in [7, 11) is -3.76. The van der Waals surface area contributed by atoms with Gasteiger partial charge in [-0.1, -0.05) is 18.2 Å². The van der Waals surface area contributed by atoms with E-state index in [-0.39, 0.29) is 22.4 Å². The van der Waals surface area contributed by atoms with Gasteiger partial charge in [-0.25, -0.2) is 13.4 Å². The Hall–Kier alpha value is -3.68. The smallest absolute Gasteiger partial charge is 0.263 e. The van der Waals surface area contributed by atoms with Gasteiger partial charge in [0.05, 0.1) is 17.4 Å². The maximum absolute atomic E-state index is 12.9. The first-order valence-electron chi connectivity index (χ1n) is 9.67. The van der Waals surface area contributed by atoms with Gasteiger partial charge in [0.1, 0.15) is 6.04 Å². The van der Waals surface area contributed by atoms with Gasteiger partial charge in [0.25, 0.3) is 10.0 Å². The van der Waals surface area contributed by atoms with Crippen molar-refractivity contribution in [3.05, 3.63) is 71.9 Å². The van der Waals surface area contributed by atoms with Crippen LogP contribution >= 0.6 is 11.3 Å². The second kappa shape index (κ2) is 8.82. The lowest BCUT2D eigenvalue weighted by atomic mass is 10.1. The van der Waals surface area contributed by atoms with Crippen molar-refractivity contribution in [2.75, 3.05) is 10.0 Å². The zero-order valence-electron chi connectivity index (χ0n) is 17.0. The van der Waals surface area contributed by atoms with Crippen molar-refractivity contribution in [2.24, 2.45) is 0 Å². The normalized spacial score (nSPS) is 12.2. The van der Waals surface area contributed by atoms with E-state index in [2.05, 4.69) is 21.1 Å². The van der Waals surface area contributed by atoms with E-state index >= 15 is 0 Å². The molecule has 0 fully saturated rings. The van der Waals surface area contributed by atoms with Crippen LogP contribution in [0.2, 0.25) is 0 Å². The molecular formula is C22H19N5O3S2. The average Bonchev–Trinajstić information content (AvgIpc) is 3.42. The molecule has 4 aromatic rings. The number of fused-ring (bicyclic) bond motifs is 1. The topological polar surface area (TPSA) is 117 Å². The maximum Gasteiger partial charge on any atom is 0.263 e. The van der Waals surface area contributed by atoms with Crippen LogP contribution in [-0.2, 0) is 21.2 Å². The highest BCUT2D eigenvalue weighted by Crippen LogP contribution is 2.26. The molecule has 1 atom stereocenters. The van der Waals surface area contributed by atoms with Gasteiger partial charge in [-0.2, -0.15) is 5.26 Å². The molecule has 1 unspecified atom stereocenters. The molecule has 2 aromatic carbocycles. The summed E-state index contributed by atoms with van der Waals surface area (Å²) in [6, 6.07) is 15.2. The SMILES string of the molecule is CC(C(=O)Nc1ccc(S(=O)(=O)Nc2nccs2)cc1)n1cc(CC#N)c2ccccc21. The van der Waals surface area contributed by atoms with E-state index < -0.39 is 16.1 Å². The fourth-order valence-corrected chi connectivity index (χ4v) is 5.15. The number of nitrogens with zero attached hydrogens (tertiary/aromatic N) is 3. The van der Waals surface area contributed by atoms with Gasteiger partial charge < -0.3 is 9.88 Å². The third-order valence-electron chi connectivity index (χ3n) is 4.98. The zero-order chi connectivity index (χ0) is 22.7. The van der Waals surface area contributed by atoms with Crippen LogP contribution in [-0.4, -0.2) is 23.9 Å². The Labute approximate surface area is 189 Å².